The molecule has 0 aromatic carbocycles. The molecule has 0 saturated heterocycles. The summed E-state index contributed by atoms with van der Waals surface area (Å²) in [4.78, 5) is 16.2. The van der Waals surface area contributed by atoms with E-state index in [1.54, 1.807) is 12.4 Å². The summed E-state index contributed by atoms with van der Waals surface area (Å²) in [7, 11) is 0. The first kappa shape index (κ1) is 15.4. The van der Waals surface area contributed by atoms with Crippen molar-refractivity contribution in [3.63, 3.8) is 0 Å². The van der Waals surface area contributed by atoms with E-state index in [9.17, 15) is 0 Å². The number of rotatable bonds is 3. The van der Waals surface area contributed by atoms with Crippen molar-refractivity contribution in [2.24, 2.45) is 5.73 Å². The van der Waals surface area contributed by atoms with Gasteiger partial charge >= 0.3 is 0 Å². The first-order chi connectivity index (χ1) is 11.7. The highest BCUT2D eigenvalue weighted by molar-refractivity contribution is 6.29. The summed E-state index contributed by atoms with van der Waals surface area (Å²) in [5, 5.41) is 3.95. The highest BCUT2D eigenvalue weighted by Gasteiger charge is 2.19. The zero-order valence-corrected chi connectivity index (χ0v) is 13.9. The van der Waals surface area contributed by atoms with Crippen LogP contribution in [-0.2, 0) is 0 Å². The van der Waals surface area contributed by atoms with Crippen LogP contribution in [0.5, 0.6) is 0 Å². The topological polar surface area (TPSA) is 92.5 Å². The Bertz CT molecular complexity index is 853. The van der Waals surface area contributed by atoms with Crippen LogP contribution in [0.15, 0.2) is 30.7 Å². The van der Waals surface area contributed by atoms with E-state index in [1.165, 1.54) is 0 Å². The number of nitrogens with one attached hydrogen (secondary N) is 2. The van der Waals surface area contributed by atoms with Gasteiger partial charge in [0.25, 0.3) is 0 Å². The van der Waals surface area contributed by atoms with E-state index < -0.39 is 0 Å². The van der Waals surface area contributed by atoms with E-state index in [-0.39, 0.29) is 0 Å². The van der Waals surface area contributed by atoms with Crippen molar-refractivity contribution in [3.05, 3.63) is 35.9 Å². The minimum atomic E-state index is 0.329. The second kappa shape index (κ2) is 6.37. The van der Waals surface area contributed by atoms with Crippen LogP contribution in [-0.4, -0.2) is 32.0 Å². The summed E-state index contributed by atoms with van der Waals surface area (Å²) in [6, 6.07) is 4.58. The third-order valence-corrected chi connectivity index (χ3v) is 4.73. The Morgan fingerprint density at radius 2 is 1.92 bits per heavy atom. The lowest BCUT2D eigenvalue weighted by molar-refractivity contribution is 0.410. The van der Waals surface area contributed by atoms with Gasteiger partial charge in [0.15, 0.2) is 5.65 Å². The fourth-order valence-corrected chi connectivity index (χ4v) is 3.48. The number of halogens is 1. The van der Waals surface area contributed by atoms with Gasteiger partial charge in [0.1, 0.15) is 16.5 Å². The van der Waals surface area contributed by atoms with Crippen LogP contribution in [0.25, 0.3) is 22.3 Å². The molecule has 0 atom stereocenters. The van der Waals surface area contributed by atoms with Crippen LogP contribution >= 0.6 is 11.6 Å². The number of pyridine rings is 1. The first-order valence-corrected chi connectivity index (χ1v) is 8.55. The number of nitrogens with zero attached hydrogens (tertiary/aromatic N) is 3. The van der Waals surface area contributed by atoms with Gasteiger partial charge in [-0.1, -0.05) is 11.6 Å². The van der Waals surface area contributed by atoms with Gasteiger partial charge in [-0.3, -0.25) is 4.98 Å². The lowest BCUT2D eigenvalue weighted by atomic mass is 9.92. The third kappa shape index (κ3) is 3.07. The molecule has 0 spiro atoms. The Morgan fingerprint density at radius 3 is 2.75 bits per heavy atom. The lowest BCUT2D eigenvalue weighted by Gasteiger charge is -2.27. The summed E-state index contributed by atoms with van der Waals surface area (Å²) < 4.78 is 0. The second-order valence-corrected chi connectivity index (χ2v) is 6.66. The zero-order valence-electron chi connectivity index (χ0n) is 13.2. The van der Waals surface area contributed by atoms with Gasteiger partial charge < -0.3 is 16.0 Å². The average molecular weight is 343 g/mol. The van der Waals surface area contributed by atoms with E-state index in [0.717, 1.165) is 53.8 Å². The summed E-state index contributed by atoms with van der Waals surface area (Å²) in [5.74, 6) is 0.788. The monoisotopic (exact) mass is 342 g/mol. The summed E-state index contributed by atoms with van der Waals surface area (Å²) in [5.41, 5.74) is 9.50. The number of fused-ring (bicyclic) bond motifs is 1. The maximum atomic E-state index is 6.24. The fourth-order valence-electron chi connectivity index (χ4n) is 3.27. The van der Waals surface area contributed by atoms with Crippen LogP contribution in [0, 0.1) is 0 Å². The van der Waals surface area contributed by atoms with Gasteiger partial charge in [-0.25, -0.2) is 9.97 Å². The van der Waals surface area contributed by atoms with Gasteiger partial charge in [0.05, 0.1) is 0 Å². The van der Waals surface area contributed by atoms with Gasteiger partial charge in [-0.15, -0.1) is 0 Å². The SMILES string of the molecule is NC1CCC(Nc2cc(-c3c[nH]c4nccnc34)cc(Cl)n2)CC1. The van der Waals surface area contributed by atoms with Gasteiger partial charge in [0, 0.05) is 36.2 Å². The Balaban J connectivity index is 1.64. The van der Waals surface area contributed by atoms with Crippen molar-refractivity contribution in [2.75, 3.05) is 5.32 Å². The maximum absolute atomic E-state index is 6.24. The number of hydrogen-bond donors (Lipinski definition) is 3. The molecule has 1 saturated carbocycles. The molecule has 1 fully saturated rings. The van der Waals surface area contributed by atoms with Crippen LogP contribution in [0.1, 0.15) is 25.7 Å². The molecule has 0 aliphatic heterocycles. The molecule has 1 aliphatic carbocycles. The Labute approximate surface area is 144 Å². The van der Waals surface area contributed by atoms with E-state index in [2.05, 4.69) is 25.3 Å². The predicted octanol–water partition coefficient (Wildman–Crippen LogP) is 3.36. The third-order valence-electron chi connectivity index (χ3n) is 4.54. The molecular weight excluding hydrogens is 324 g/mol. The largest absolute Gasteiger partial charge is 0.367 e. The van der Waals surface area contributed by atoms with E-state index in [4.69, 9.17) is 17.3 Å². The molecule has 124 valence electrons. The van der Waals surface area contributed by atoms with Crippen LogP contribution < -0.4 is 11.1 Å². The van der Waals surface area contributed by atoms with E-state index in [0.29, 0.717) is 17.2 Å². The molecule has 3 aromatic heterocycles. The molecule has 6 nitrogen and oxygen atoms in total. The van der Waals surface area contributed by atoms with Crippen molar-refractivity contribution >= 4 is 28.6 Å². The minimum absolute atomic E-state index is 0.329. The number of nitrogens with two attached hydrogens (primary N) is 1. The maximum Gasteiger partial charge on any atom is 0.156 e. The zero-order chi connectivity index (χ0) is 16.5. The first-order valence-electron chi connectivity index (χ1n) is 8.17. The molecule has 4 N–H and O–H groups in total. The molecular formula is C17H19ClN6. The summed E-state index contributed by atoms with van der Waals surface area (Å²) in [6.45, 7) is 0. The lowest BCUT2D eigenvalue weighted by Crippen LogP contribution is -2.33. The van der Waals surface area contributed by atoms with Crippen LogP contribution in [0.4, 0.5) is 5.82 Å². The fraction of sp³-hybridized carbons (Fsp3) is 0.353. The Hall–Kier alpha value is -2.18. The number of aromatic nitrogens is 4. The normalized spacial score (nSPS) is 21.1. The molecule has 3 heterocycles. The predicted molar refractivity (Wildman–Crippen MR) is 96.0 cm³/mol. The molecule has 24 heavy (non-hydrogen) atoms. The van der Waals surface area contributed by atoms with Gasteiger partial charge in [-0.05, 0) is 43.4 Å². The Kier molecular flexibility index (Phi) is 4.08. The van der Waals surface area contributed by atoms with E-state index in [1.807, 2.05) is 18.3 Å². The molecule has 0 amide bonds. The standard InChI is InChI=1S/C17H19ClN6/c18-14-7-10(13-9-22-17-16(13)20-5-6-21-17)8-15(24-14)23-12-3-1-11(19)2-4-12/h5-9,11-12H,1-4,19H2,(H,21,22)(H,23,24). The van der Waals surface area contributed by atoms with Crippen LogP contribution in [0.2, 0.25) is 5.15 Å². The van der Waals surface area contributed by atoms with Crippen LogP contribution in [0.3, 0.4) is 0 Å². The number of hydrogen-bond acceptors (Lipinski definition) is 5. The highest BCUT2D eigenvalue weighted by atomic mass is 35.5. The number of anilines is 1. The molecule has 7 heteroatoms. The molecule has 0 unspecified atom stereocenters. The van der Waals surface area contributed by atoms with Crippen molar-refractivity contribution in [3.8, 4) is 11.1 Å². The average Bonchev–Trinajstić information content (AvgIpc) is 3.01. The van der Waals surface area contributed by atoms with Crippen molar-refractivity contribution in [1.29, 1.82) is 0 Å². The molecule has 4 rings (SSSR count). The number of H-pyrrole nitrogens is 1. The molecule has 0 bridgehead atoms. The van der Waals surface area contributed by atoms with Crippen molar-refractivity contribution < 1.29 is 0 Å². The van der Waals surface area contributed by atoms with E-state index >= 15 is 0 Å². The van der Waals surface area contributed by atoms with Crippen molar-refractivity contribution in [1.82, 2.24) is 19.9 Å². The smallest absolute Gasteiger partial charge is 0.156 e. The summed E-state index contributed by atoms with van der Waals surface area (Å²) >= 11 is 6.24. The minimum Gasteiger partial charge on any atom is -0.367 e. The molecule has 1 aliphatic rings. The molecule has 3 aromatic rings. The van der Waals surface area contributed by atoms with Gasteiger partial charge in [-0.2, -0.15) is 0 Å². The number of aromatic amines is 1. The molecule has 0 radical (unpaired) electrons. The van der Waals surface area contributed by atoms with Gasteiger partial charge in [0.2, 0.25) is 0 Å². The summed E-state index contributed by atoms with van der Waals surface area (Å²) in [6.07, 6.45) is 9.47. The quantitative estimate of drug-likeness (QED) is 0.635. The second-order valence-electron chi connectivity index (χ2n) is 6.28. The highest BCUT2D eigenvalue weighted by Crippen LogP contribution is 2.30. The Morgan fingerprint density at radius 1 is 1.12 bits per heavy atom. The van der Waals surface area contributed by atoms with Crippen molar-refractivity contribution in [2.45, 2.75) is 37.8 Å².